The molecule has 3 aliphatic rings. The summed E-state index contributed by atoms with van der Waals surface area (Å²) in [6.07, 6.45) is 2.92. The summed E-state index contributed by atoms with van der Waals surface area (Å²) in [6, 6.07) is 11.1. The minimum Gasteiger partial charge on any atom is -0.466 e. The molecule has 2 saturated heterocycles. The zero-order chi connectivity index (χ0) is 13.3. The van der Waals surface area contributed by atoms with Gasteiger partial charge in [-0.05, 0) is 38.3 Å². The molecule has 4 rings (SSSR count). The van der Waals surface area contributed by atoms with E-state index in [4.69, 9.17) is 4.74 Å². The van der Waals surface area contributed by atoms with Crippen molar-refractivity contribution in [3.05, 3.63) is 35.9 Å². The van der Waals surface area contributed by atoms with Gasteiger partial charge in [0.25, 0.3) is 0 Å². The molecule has 1 aromatic rings. The van der Waals surface area contributed by atoms with Crippen LogP contribution in [0.1, 0.15) is 31.7 Å². The molecular formula is C16H21NO2. The van der Waals surface area contributed by atoms with E-state index in [1.54, 1.807) is 0 Å². The second kappa shape index (κ2) is 4.97. The zero-order valence-electron chi connectivity index (χ0n) is 11.5. The van der Waals surface area contributed by atoms with Crippen LogP contribution < -0.4 is 0 Å². The number of nitrogens with zero attached hydrogens (tertiary/aromatic N) is 1. The average molecular weight is 259 g/mol. The molecule has 3 heteroatoms. The minimum absolute atomic E-state index is 0.0330. The Morgan fingerprint density at radius 3 is 2.68 bits per heavy atom. The van der Waals surface area contributed by atoms with Crippen molar-refractivity contribution in [3.63, 3.8) is 0 Å². The third-order valence-corrected chi connectivity index (χ3v) is 4.58. The Kier molecular flexibility index (Phi) is 3.31. The van der Waals surface area contributed by atoms with Gasteiger partial charge in [0.15, 0.2) is 0 Å². The van der Waals surface area contributed by atoms with Gasteiger partial charge >= 0.3 is 5.97 Å². The van der Waals surface area contributed by atoms with Gasteiger partial charge in [0, 0.05) is 12.6 Å². The van der Waals surface area contributed by atoms with Crippen LogP contribution in [0.4, 0.5) is 0 Å². The minimum atomic E-state index is -0.145. The van der Waals surface area contributed by atoms with Gasteiger partial charge in [-0.2, -0.15) is 0 Å². The molecule has 3 fully saturated rings. The molecule has 0 spiro atoms. The number of hydrogen-bond donors (Lipinski definition) is 0. The van der Waals surface area contributed by atoms with E-state index in [1.165, 1.54) is 5.56 Å². The highest BCUT2D eigenvalue weighted by atomic mass is 16.5. The molecule has 0 unspecified atom stereocenters. The molecule has 0 amide bonds. The van der Waals surface area contributed by atoms with Crippen molar-refractivity contribution >= 4 is 5.97 Å². The summed E-state index contributed by atoms with van der Waals surface area (Å²) in [7, 11) is 0. The summed E-state index contributed by atoms with van der Waals surface area (Å²) in [4.78, 5) is 14.5. The molecule has 0 N–H and O–H groups in total. The number of rotatable bonds is 4. The standard InChI is InChI=1S/C16H21NO2/c1-2-19-15(18)16-8-9-17(14(10-16)11-16)12-13-6-4-3-5-7-13/h3-7,14H,2,8-12H2,1H3. The monoisotopic (exact) mass is 259 g/mol. The van der Waals surface area contributed by atoms with Crippen molar-refractivity contribution in [3.8, 4) is 0 Å². The SMILES string of the molecule is CCOC(=O)C12CCN(Cc3ccccc3)C(C1)C2. The summed E-state index contributed by atoms with van der Waals surface area (Å²) in [5, 5.41) is 0. The molecular weight excluding hydrogens is 238 g/mol. The van der Waals surface area contributed by atoms with Crippen molar-refractivity contribution in [2.24, 2.45) is 5.41 Å². The summed E-state index contributed by atoms with van der Waals surface area (Å²) in [5.41, 5.74) is 1.21. The van der Waals surface area contributed by atoms with Gasteiger partial charge in [-0.3, -0.25) is 9.69 Å². The van der Waals surface area contributed by atoms with Crippen molar-refractivity contribution < 1.29 is 9.53 Å². The molecule has 2 heterocycles. The summed E-state index contributed by atoms with van der Waals surface area (Å²) < 4.78 is 5.22. The highest BCUT2D eigenvalue weighted by molar-refractivity contribution is 5.78. The molecule has 0 atom stereocenters. The fourth-order valence-corrected chi connectivity index (χ4v) is 3.42. The third-order valence-electron chi connectivity index (χ3n) is 4.58. The molecule has 1 saturated carbocycles. The van der Waals surface area contributed by atoms with E-state index in [1.807, 2.05) is 6.92 Å². The van der Waals surface area contributed by atoms with Crippen molar-refractivity contribution in [1.29, 1.82) is 0 Å². The molecule has 19 heavy (non-hydrogen) atoms. The Morgan fingerprint density at radius 2 is 2.11 bits per heavy atom. The first-order valence-electron chi connectivity index (χ1n) is 7.19. The molecule has 102 valence electrons. The number of carbonyl (C=O) groups excluding carboxylic acids is 1. The highest BCUT2D eigenvalue weighted by Crippen LogP contribution is 2.51. The molecule has 2 bridgehead atoms. The lowest BCUT2D eigenvalue weighted by atomic mass is 9.60. The molecule has 0 aromatic heterocycles. The maximum Gasteiger partial charge on any atom is 0.312 e. The summed E-state index contributed by atoms with van der Waals surface area (Å²) in [5.74, 6) is 0.0330. The van der Waals surface area contributed by atoms with E-state index in [0.29, 0.717) is 12.6 Å². The van der Waals surface area contributed by atoms with E-state index in [-0.39, 0.29) is 11.4 Å². The Hall–Kier alpha value is -1.35. The topological polar surface area (TPSA) is 29.5 Å². The van der Waals surface area contributed by atoms with Gasteiger partial charge < -0.3 is 4.74 Å². The van der Waals surface area contributed by atoms with E-state index in [9.17, 15) is 4.79 Å². The number of piperidine rings is 2. The van der Waals surface area contributed by atoms with Gasteiger partial charge in [-0.15, -0.1) is 0 Å². The fraction of sp³-hybridized carbons (Fsp3) is 0.562. The normalized spacial score (nSPS) is 29.6. The first-order valence-corrected chi connectivity index (χ1v) is 7.19. The smallest absolute Gasteiger partial charge is 0.312 e. The Balaban J connectivity index is 1.59. The van der Waals surface area contributed by atoms with Crippen molar-refractivity contribution in [2.45, 2.75) is 38.8 Å². The van der Waals surface area contributed by atoms with Crippen LogP contribution in [0.5, 0.6) is 0 Å². The Morgan fingerprint density at radius 1 is 1.37 bits per heavy atom. The van der Waals surface area contributed by atoms with Crippen LogP contribution in [-0.2, 0) is 16.1 Å². The quantitative estimate of drug-likeness (QED) is 0.778. The second-order valence-corrected chi connectivity index (χ2v) is 5.77. The van der Waals surface area contributed by atoms with Gasteiger partial charge in [0.1, 0.15) is 0 Å². The van der Waals surface area contributed by atoms with Crippen LogP contribution in [0.3, 0.4) is 0 Å². The number of carbonyl (C=O) groups is 1. The summed E-state index contributed by atoms with van der Waals surface area (Å²) >= 11 is 0. The molecule has 0 radical (unpaired) electrons. The third kappa shape index (κ3) is 2.27. The molecule has 3 nitrogen and oxygen atoms in total. The Bertz CT molecular complexity index is 446. The van der Waals surface area contributed by atoms with E-state index < -0.39 is 0 Å². The van der Waals surface area contributed by atoms with Crippen molar-refractivity contribution in [2.75, 3.05) is 13.2 Å². The van der Waals surface area contributed by atoms with E-state index in [0.717, 1.165) is 32.4 Å². The maximum absolute atomic E-state index is 12.0. The first-order chi connectivity index (χ1) is 9.23. The predicted octanol–water partition coefficient (Wildman–Crippen LogP) is 2.60. The van der Waals surface area contributed by atoms with Crippen LogP contribution in [0.2, 0.25) is 0 Å². The largest absolute Gasteiger partial charge is 0.466 e. The molecule has 1 aromatic carbocycles. The van der Waals surface area contributed by atoms with Crippen LogP contribution in [0.25, 0.3) is 0 Å². The molecule has 1 aliphatic carbocycles. The zero-order valence-corrected chi connectivity index (χ0v) is 11.5. The number of esters is 1. The number of benzene rings is 1. The second-order valence-electron chi connectivity index (χ2n) is 5.77. The number of hydrogen-bond acceptors (Lipinski definition) is 3. The predicted molar refractivity (Wildman–Crippen MR) is 73.6 cm³/mol. The number of fused-ring (bicyclic) bond motifs is 2. The highest BCUT2D eigenvalue weighted by Gasteiger charge is 2.56. The van der Waals surface area contributed by atoms with Crippen LogP contribution in [0, 0.1) is 5.41 Å². The maximum atomic E-state index is 12.0. The van der Waals surface area contributed by atoms with Crippen LogP contribution in [-0.4, -0.2) is 30.1 Å². The number of ether oxygens (including phenoxy) is 1. The lowest BCUT2D eigenvalue weighted by Gasteiger charge is -2.55. The lowest BCUT2D eigenvalue weighted by molar-refractivity contribution is -0.175. The van der Waals surface area contributed by atoms with E-state index in [2.05, 4.69) is 35.2 Å². The van der Waals surface area contributed by atoms with Gasteiger partial charge in [0.05, 0.1) is 12.0 Å². The lowest BCUT2D eigenvalue weighted by Crippen LogP contribution is -2.60. The molecule has 2 aliphatic heterocycles. The first kappa shape index (κ1) is 12.7. The van der Waals surface area contributed by atoms with Crippen LogP contribution >= 0.6 is 0 Å². The van der Waals surface area contributed by atoms with Crippen molar-refractivity contribution in [1.82, 2.24) is 4.90 Å². The Labute approximate surface area is 114 Å². The van der Waals surface area contributed by atoms with Gasteiger partial charge in [-0.25, -0.2) is 0 Å². The van der Waals surface area contributed by atoms with Crippen LogP contribution in [0.15, 0.2) is 30.3 Å². The fourth-order valence-electron chi connectivity index (χ4n) is 3.42. The average Bonchev–Trinajstić information content (AvgIpc) is 2.39. The van der Waals surface area contributed by atoms with E-state index >= 15 is 0 Å². The van der Waals surface area contributed by atoms with Gasteiger partial charge in [0.2, 0.25) is 0 Å². The van der Waals surface area contributed by atoms with Gasteiger partial charge in [-0.1, -0.05) is 30.3 Å². The summed E-state index contributed by atoms with van der Waals surface area (Å²) in [6.45, 7) is 4.40.